The Morgan fingerprint density at radius 3 is 2.60 bits per heavy atom. The molecule has 0 spiro atoms. The summed E-state index contributed by atoms with van der Waals surface area (Å²) in [6.07, 6.45) is 1.17. The molecule has 3 heteroatoms. The van der Waals surface area contributed by atoms with Crippen LogP contribution in [0.25, 0.3) is 0 Å². The van der Waals surface area contributed by atoms with Crippen LogP contribution in [0.4, 0.5) is 0 Å². The molecule has 0 aliphatic carbocycles. The predicted octanol–water partition coefficient (Wildman–Crippen LogP) is 4.38. The molecule has 2 aromatic carbocycles. The molecular formula is C17H16O2S. The van der Waals surface area contributed by atoms with E-state index in [4.69, 9.17) is 4.74 Å². The molecule has 0 radical (unpaired) electrons. The molecule has 0 fully saturated rings. The van der Waals surface area contributed by atoms with Crippen molar-refractivity contribution in [3.63, 3.8) is 0 Å². The standard InChI is InChI=1S/C17H16O2S/c1-3-17(18)19-16-7-5-4-6-14(16)12-20-15-10-8-13(2)9-11-15/h3-11H,1,12H2,2H3. The number of carbonyl (C=O) groups excluding carboxylic acids is 1. The zero-order valence-corrected chi connectivity index (χ0v) is 12.2. The van der Waals surface area contributed by atoms with Gasteiger partial charge in [0, 0.05) is 22.3 Å². The zero-order valence-electron chi connectivity index (χ0n) is 11.3. The predicted molar refractivity (Wildman–Crippen MR) is 83.0 cm³/mol. The van der Waals surface area contributed by atoms with E-state index in [0.717, 1.165) is 11.3 Å². The quantitative estimate of drug-likeness (QED) is 0.353. The highest BCUT2D eigenvalue weighted by Crippen LogP contribution is 2.28. The lowest BCUT2D eigenvalue weighted by Gasteiger charge is -2.08. The number of carbonyl (C=O) groups is 1. The molecule has 0 aromatic heterocycles. The van der Waals surface area contributed by atoms with Gasteiger partial charge in [-0.25, -0.2) is 4.79 Å². The zero-order chi connectivity index (χ0) is 14.4. The van der Waals surface area contributed by atoms with E-state index in [1.54, 1.807) is 17.8 Å². The van der Waals surface area contributed by atoms with Crippen LogP contribution < -0.4 is 4.74 Å². The van der Waals surface area contributed by atoms with Crippen LogP contribution in [0.1, 0.15) is 11.1 Å². The van der Waals surface area contributed by atoms with Crippen molar-refractivity contribution in [2.24, 2.45) is 0 Å². The van der Waals surface area contributed by atoms with Gasteiger partial charge in [-0.1, -0.05) is 42.5 Å². The van der Waals surface area contributed by atoms with Crippen LogP contribution in [0, 0.1) is 6.92 Å². The highest BCUT2D eigenvalue weighted by molar-refractivity contribution is 7.98. The second kappa shape index (κ2) is 6.96. The highest BCUT2D eigenvalue weighted by atomic mass is 32.2. The molecule has 102 valence electrons. The molecule has 20 heavy (non-hydrogen) atoms. The van der Waals surface area contributed by atoms with Crippen LogP contribution >= 0.6 is 11.8 Å². The molecule has 2 rings (SSSR count). The first-order valence-electron chi connectivity index (χ1n) is 6.30. The number of rotatable bonds is 5. The van der Waals surface area contributed by atoms with Crippen LogP contribution in [0.5, 0.6) is 5.75 Å². The van der Waals surface area contributed by atoms with Crippen LogP contribution in [0.3, 0.4) is 0 Å². The highest BCUT2D eigenvalue weighted by Gasteiger charge is 2.06. The third-order valence-electron chi connectivity index (χ3n) is 2.77. The van der Waals surface area contributed by atoms with E-state index >= 15 is 0 Å². The first kappa shape index (κ1) is 14.4. The van der Waals surface area contributed by atoms with E-state index in [2.05, 4.69) is 37.8 Å². The summed E-state index contributed by atoms with van der Waals surface area (Å²) in [6.45, 7) is 5.48. The molecule has 0 aliphatic rings. The Hall–Kier alpha value is -2.00. The number of aryl methyl sites for hydroxylation is 1. The van der Waals surface area contributed by atoms with Gasteiger partial charge in [0.25, 0.3) is 0 Å². The number of hydrogen-bond acceptors (Lipinski definition) is 3. The van der Waals surface area contributed by atoms with Gasteiger partial charge < -0.3 is 4.74 Å². The van der Waals surface area contributed by atoms with E-state index in [-0.39, 0.29) is 0 Å². The molecule has 0 aliphatic heterocycles. The molecule has 0 atom stereocenters. The fourth-order valence-corrected chi connectivity index (χ4v) is 2.56. The van der Waals surface area contributed by atoms with E-state index in [9.17, 15) is 4.79 Å². The van der Waals surface area contributed by atoms with Crippen molar-refractivity contribution < 1.29 is 9.53 Å². The Kier molecular flexibility index (Phi) is 5.02. The number of hydrogen-bond donors (Lipinski definition) is 0. The number of para-hydroxylation sites is 1. The second-order valence-corrected chi connectivity index (χ2v) is 5.38. The monoisotopic (exact) mass is 284 g/mol. The summed E-state index contributed by atoms with van der Waals surface area (Å²) < 4.78 is 5.23. The van der Waals surface area contributed by atoms with Crippen molar-refractivity contribution in [1.29, 1.82) is 0 Å². The van der Waals surface area contributed by atoms with Crippen LogP contribution in [-0.2, 0) is 10.5 Å². The van der Waals surface area contributed by atoms with Crippen molar-refractivity contribution in [3.05, 3.63) is 72.3 Å². The van der Waals surface area contributed by atoms with Gasteiger partial charge in [0.1, 0.15) is 5.75 Å². The van der Waals surface area contributed by atoms with Gasteiger partial charge in [-0.05, 0) is 25.1 Å². The maximum atomic E-state index is 11.3. The summed E-state index contributed by atoms with van der Waals surface area (Å²) in [6, 6.07) is 15.9. The Bertz CT molecular complexity index is 603. The smallest absolute Gasteiger partial charge is 0.335 e. The molecule has 2 aromatic rings. The van der Waals surface area contributed by atoms with Gasteiger partial charge in [0.2, 0.25) is 0 Å². The Labute approximate surface area is 123 Å². The minimum atomic E-state index is -0.433. The van der Waals surface area contributed by atoms with Crippen LogP contribution in [0.15, 0.2) is 66.1 Å². The van der Waals surface area contributed by atoms with Crippen LogP contribution in [-0.4, -0.2) is 5.97 Å². The van der Waals surface area contributed by atoms with Crippen molar-refractivity contribution in [2.45, 2.75) is 17.6 Å². The summed E-state index contributed by atoms with van der Waals surface area (Å²) in [5.41, 5.74) is 2.24. The lowest BCUT2D eigenvalue weighted by atomic mass is 10.2. The second-order valence-electron chi connectivity index (χ2n) is 4.33. The fraction of sp³-hybridized carbons (Fsp3) is 0.118. The van der Waals surface area contributed by atoms with E-state index in [0.29, 0.717) is 5.75 Å². The van der Waals surface area contributed by atoms with E-state index < -0.39 is 5.97 Å². The maximum absolute atomic E-state index is 11.3. The SMILES string of the molecule is C=CC(=O)Oc1ccccc1CSc1ccc(C)cc1. The maximum Gasteiger partial charge on any atom is 0.335 e. The molecule has 0 N–H and O–H groups in total. The summed E-state index contributed by atoms with van der Waals surface area (Å²) in [5.74, 6) is 0.915. The first-order valence-corrected chi connectivity index (χ1v) is 7.29. The van der Waals surface area contributed by atoms with Crippen LogP contribution in [0.2, 0.25) is 0 Å². The summed E-state index contributed by atoms with van der Waals surface area (Å²) in [7, 11) is 0. The molecule has 0 unspecified atom stereocenters. The topological polar surface area (TPSA) is 26.3 Å². The number of benzene rings is 2. The van der Waals surface area contributed by atoms with E-state index in [1.165, 1.54) is 16.5 Å². The van der Waals surface area contributed by atoms with Crippen molar-refractivity contribution in [3.8, 4) is 5.75 Å². The lowest BCUT2D eigenvalue weighted by molar-refractivity contribution is -0.129. The third kappa shape index (κ3) is 4.00. The third-order valence-corrected chi connectivity index (χ3v) is 3.83. The lowest BCUT2D eigenvalue weighted by Crippen LogP contribution is -2.04. The Balaban J connectivity index is 2.07. The number of thioether (sulfide) groups is 1. The summed E-state index contributed by atoms with van der Waals surface area (Å²) in [5, 5.41) is 0. The average molecular weight is 284 g/mol. The van der Waals surface area contributed by atoms with Gasteiger partial charge in [-0.3, -0.25) is 0 Å². The summed E-state index contributed by atoms with van der Waals surface area (Å²) in [4.78, 5) is 12.5. The molecule has 0 bridgehead atoms. The fourth-order valence-electron chi connectivity index (χ4n) is 1.67. The van der Waals surface area contributed by atoms with E-state index in [1.807, 2.05) is 18.2 Å². The number of ether oxygens (including phenoxy) is 1. The van der Waals surface area contributed by atoms with Crippen molar-refractivity contribution >= 4 is 17.7 Å². The summed E-state index contributed by atoms with van der Waals surface area (Å²) >= 11 is 1.71. The molecule has 0 saturated carbocycles. The van der Waals surface area contributed by atoms with Gasteiger partial charge in [0.05, 0.1) is 0 Å². The molecule has 0 heterocycles. The Morgan fingerprint density at radius 1 is 1.20 bits per heavy atom. The molecule has 0 amide bonds. The molecule has 0 saturated heterocycles. The molecular weight excluding hydrogens is 268 g/mol. The van der Waals surface area contributed by atoms with Gasteiger partial charge >= 0.3 is 5.97 Å². The first-order chi connectivity index (χ1) is 9.69. The van der Waals surface area contributed by atoms with Crippen molar-refractivity contribution in [2.75, 3.05) is 0 Å². The number of esters is 1. The minimum absolute atomic E-state index is 0.433. The normalized spacial score (nSPS) is 10.1. The largest absolute Gasteiger partial charge is 0.423 e. The Morgan fingerprint density at radius 2 is 1.90 bits per heavy atom. The van der Waals surface area contributed by atoms with Gasteiger partial charge in [-0.15, -0.1) is 11.8 Å². The van der Waals surface area contributed by atoms with Gasteiger partial charge in [0.15, 0.2) is 0 Å². The van der Waals surface area contributed by atoms with Crippen molar-refractivity contribution in [1.82, 2.24) is 0 Å². The minimum Gasteiger partial charge on any atom is -0.423 e. The average Bonchev–Trinajstić information content (AvgIpc) is 2.48. The molecule has 2 nitrogen and oxygen atoms in total. The van der Waals surface area contributed by atoms with Gasteiger partial charge in [-0.2, -0.15) is 0 Å².